The summed E-state index contributed by atoms with van der Waals surface area (Å²) in [4.78, 5) is 4.37. The topological polar surface area (TPSA) is 45.9 Å². The van der Waals surface area contributed by atoms with Crippen LogP contribution >= 0.6 is 23.4 Å². The van der Waals surface area contributed by atoms with Gasteiger partial charge in [-0.15, -0.1) is 11.8 Å². The van der Waals surface area contributed by atoms with Crippen LogP contribution in [0.4, 0.5) is 13.2 Å². The van der Waals surface area contributed by atoms with Gasteiger partial charge in [0.2, 0.25) is 0 Å². The lowest BCUT2D eigenvalue weighted by molar-refractivity contribution is -0.138. The van der Waals surface area contributed by atoms with Crippen molar-refractivity contribution in [3.8, 4) is 23.1 Å². The molecule has 0 amide bonds. The Morgan fingerprint density at radius 1 is 1.10 bits per heavy atom. The number of hydrogen-bond acceptors (Lipinski definition) is 4. The van der Waals surface area contributed by atoms with Crippen molar-refractivity contribution in [2.24, 2.45) is 0 Å². The monoisotopic (exact) mass is 448 g/mol. The van der Waals surface area contributed by atoms with E-state index < -0.39 is 17.3 Å². The number of ether oxygens (including phenoxy) is 1. The normalized spacial score (nSPS) is 11.2. The average Bonchev–Trinajstić information content (AvgIpc) is 2.73. The first kappa shape index (κ1) is 22.0. The molecule has 2 aromatic carbocycles. The van der Waals surface area contributed by atoms with Crippen molar-refractivity contribution in [3.05, 3.63) is 76.3 Å². The van der Waals surface area contributed by atoms with Gasteiger partial charge in [0, 0.05) is 16.3 Å². The van der Waals surface area contributed by atoms with E-state index >= 15 is 0 Å². The number of aromatic nitrogens is 1. The van der Waals surface area contributed by atoms with Crippen LogP contribution in [0.5, 0.6) is 5.75 Å². The highest BCUT2D eigenvalue weighted by Crippen LogP contribution is 2.38. The van der Waals surface area contributed by atoms with Gasteiger partial charge in [0.05, 0.1) is 23.4 Å². The molecule has 0 bridgehead atoms. The number of benzene rings is 2. The highest BCUT2D eigenvalue weighted by molar-refractivity contribution is 7.98. The molecular weight excluding hydrogens is 433 g/mol. The minimum Gasteiger partial charge on any atom is -0.494 e. The maximum absolute atomic E-state index is 13.7. The van der Waals surface area contributed by atoms with Gasteiger partial charge in [-0.1, -0.05) is 23.7 Å². The largest absolute Gasteiger partial charge is 0.494 e. The van der Waals surface area contributed by atoms with Crippen LogP contribution in [0.2, 0.25) is 5.02 Å². The van der Waals surface area contributed by atoms with E-state index in [-0.39, 0.29) is 10.7 Å². The molecule has 0 N–H and O–H groups in total. The van der Waals surface area contributed by atoms with Crippen LogP contribution in [0.1, 0.15) is 23.6 Å². The molecule has 3 nitrogen and oxygen atoms in total. The summed E-state index contributed by atoms with van der Waals surface area (Å²) in [5.41, 5.74) is 0.0264. The molecule has 1 heterocycles. The Bertz CT molecular complexity index is 1060. The molecule has 3 rings (SSSR count). The van der Waals surface area contributed by atoms with Crippen LogP contribution in [-0.2, 0) is 11.9 Å². The third-order valence-electron chi connectivity index (χ3n) is 4.15. The van der Waals surface area contributed by atoms with Crippen molar-refractivity contribution < 1.29 is 17.9 Å². The third kappa shape index (κ3) is 5.26. The minimum atomic E-state index is -4.68. The number of rotatable bonds is 6. The van der Waals surface area contributed by atoms with Crippen LogP contribution in [0.15, 0.2) is 59.6 Å². The lowest BCUT2D eigenvalue weighted by atomic mass is 10.1. The fraction of sp³-hybridized carbons (Fsp3) is 0.182. The first-order chi connectivity index (χ1) is 14.3. The van der Waals surface area contributed by atoms with E-state index in [1.54, 1.807) is 54.6 Å². The molecule has 0 saturated carbocycles. The van der Waals surface area contributed by atoms with E-state index in [0.717, 1.165) is 23.4 Å². The highest BCUT2D eigenvalue weighted by atomic mass is 35.5. The lowest BCUT2D eigenvalue weighted by Gasteiger charge is -2.14. The van der Waals surface area contributed by atoms with E-state index in [0.29, 0.717) is 28.7 Å². The van der Waals surface area contributed by atoms with Gasteiger partial charge in [-0.3, -0.25) is 0 Å². The van der Waals surface area contributed by atoms with E-state index in [2.05, 4.69) is 4.98 Å². The zero-order valence-electron chi connectivity index (χ0n) is 15.8. The van der Waals surface area contributed by atoms with Crippen molar-refractivity contribution in [1.29, 1.82) is 5.26 Å². The van der Waals surface area contributed by atoms with E-state index in [9.17, 15) is 18.4 Å². The quantitative estimate of drug-likeness (QED) is 0.381. The second kappa shape index (κ2) is 9.41. The van der Waals surface area contributed by atoms with Crippen molar-refractivity contribution >= 4 is 23.4 Å². The summed E-state index contributed by atoms with van der Waals surface area (Å²) in [7, 11) is 0. The second-order valence-electron chi connectivity index (χ2n) is 6.22. The first-order valence-electron chi connectivity index (χ1n) is 8.94. The van der Waals surface area contributed by atoms with Crippen molar-refractivity contribution in [2.45, 2.75) is 23.9 Å². The highest BCUT2D eigenvalue weighted by Gasteiger charge is 2.36. The Labute approximate surface area is 181 Å². The van der Waals surface area contributed by atoms with Gasteiger partial charge >= 0.3 is 6.18 Å². The van der Waals surface area contributed by atoms with Gasteiger partial charge in [0.25, 0.3) is 0 Å². The van der Waals surface area contributed by atoms with Gasteiger partial charge in [-0.05, 0) is 55.0 Å². The summed E-state index contributed by atoms with van der Waals surface area (Å²) in [5, 5.41) is 10.0. The molecule has 0 aliphatic rings. The summed E-state index contributed by atoms with van der Waals surface area (Å²) in [6.07, 6.45) is -4.68. The Morgan fingerprint density at radius 3 is 2.33 bits per heavy atom. The molecule has 3 aromatic rings. The summed E-state index contributed by atoms with van der Waals surface area (Å²) < 4.78 is 46.4. The summed E-state index contributed by atoms with van der Waals surface area (Å²) in [6.45, 7) is 2.33. The Hall–Kier alpha value is -2.69. The zero-order valence-corrected chi connectivity index (χ0v) is 17.4. The smallest absolute Gasteiger partial charge is 0.417 e. The zero-order chi connectivity index (χ0) is 21.7. The molecular formula is C22H16ClF3N2OS. The SMILES string of the molecule is CCOc1ccc(-c2cc(C(F)(F)F)c(C#N)c(SCc3ccc(Cl)cc3)n2)cc1. The number of thioether (sulfide) groups is 1. The molecule has 8 heteroatoms. The molecule has 0 unspecified atom stereocenters. The summed E-state index contributed by atoms with van der Waals surface area (Å²) in [6, 6.07) is 16.2. The van der Waals surface area contributed by atoms with Crippen LogP contribution < -0.4 is 4.74 Å². The maximum Gasteiger partial charge on any atom is 0.417 e. The molecule has 1 aromatic heterocycles. The average molecular weight is 449 g/mol. The molecule has 30 heavy (non-hydrogen) atoms. The molecule has 0 spiro atoms. The fourth-order valence-corrected chi connectivity index (χ4v) is 3.81. The predicted molar refractivity (Wildman–Crippen MR) is 112 cm³/mol. The van der Waals surface area contributed by atoms with Gasteiger partial charge in [0.1, 0.15) is 16.8 Å². The number of alkyl halides is 3. The first-order valence-corrected chi connectivity index (χ1v) is 10.3. The molecule has 0 atom stereocenters. The van der Waals surface area contributed by atoms with Crippen molar-refractivity contribution in [2.75, 3.05) is 6.61 Å². The van der Waals surface area contributed by atoms with Crippen LogP contribution in [-0.4, -0.2) is 11.6 Å². The maximum atomic E-state index is 13.7. The van der Waals surface area contributed by atoms with E-state index in [1.165, 1.54) is 0 Å². The number of hydrogen-bond donors (Lipinski definition) is 0. The third-order valence-corrected chi connectivity index (χ3v) is 5.45. The second-order valence-corrected chi connectivity index (χ2v) is 7.62. The summed E-state index contributed by atoms with van der Waals surface area (Å²) in [5.74, 6) is 0.964. The Morgan fingerprint density at radius 2 is 1.77 bits per heavy atom. The van der Waals surface area contributed by atoms with Crippen molar-refractivity contribution in [3.63, 3.8) is 0 Å². The molecule has 0 saturated heterocycles. The molecule has 0 aliphatic carbocycles. The minimum absolute atomic E-state index is 0.0335. The molecule has 0 aliphatic heterocycles. The number of halogens is 4. The Balaban J connectivity index is 2.02. The van der Waals surface area contributed by atoms with Gasteiger partial charge in [-0.2, -0.15) is 18.4 Å². The van der Waals surface area contributed by atoms with Gasteiger partial charge in [0.15, 0.2) is 0 Å². The van der Waals surface area contributed by atoms with Crippen LogP contribution in [0.3, 0.4) is 0 Å². The lowest BCUT2D eigenvalue weighted by Crippen LogP contribution is -2.10. The molecule has 154 valence electrons. The number of pyridine rings is 1. The molecule has 0 fully saturated rings. The summed E-state index contributed by atoms with van der Waals surface area (Å²) >= 11 is 6.95. The Kier molecular flexibility index (Phi) is 6.91. The predicted octanol–water partition coefficient (Wildman–Crippen LogP) is 6.98. The van der Waals surface area contributed by atoms with E-state index in [1.807, 2.05) is 6.92 Å². The van der Waals surface area contributed by atoms with Crippen LogP contribution in [0, 0.1) is 11.3 Å². The van der Waals surface area contributed by atoms with Gasteiger partial charge in [-0.25, -0.2) is 4.98 Å². The number of nitrogens with zero attached hydrogens (tertiary/aromatic N) is 2. The van der Waals surface area contributed by atoms with E-state index in [4.69, 9.17) is 16.3 Å². The molecule has 0 radical (unpaired) electrons. The van der Waals surface area contributed by atoms with Gasteiger partial charge < -0.3 is 4.74 Å². The standard InChI is InChI=1S/C22H16ClF3N2OS/c1-2-29-17-9-5-15(6-10-17)20-11-19(22(24,25)26)18(12-27)21(28-20)30-13-14-3-7-16(23)8-4-14/h3-11H,2,13H2,1H3. The van der Waals surface area contributed by atoms with Crippen LogP contribution in [0.25, 0.3) is 11.3 Å². The fourth-order valence-electron chi connectivity index (χ4n) is 2.73. The number of nitriles is 1. The van der Waals surface area contributed by atoms with Crippen molar-refractivity contribution in [1.82, 2.24) is 4.98 Å².